The highest BCUT2D eigenvalue weighted by Gasteiger charge is 2.50. The van der Waals surface area contributed by atoms with Gasteiger partial charge in [0, 0.05) is 0 Å². The van der Waals surface area contributed by atoms with E-state index in [1.165, 1.54) is 0 Å². The monoisotopic (exact) mass is 520 g/mol. The molecule has 1 fully saturated rings. The fourth-order valence-corrected chi connectivity index (χ4v) is 3.85. The Bertz CT molecular complexity index is 1240. The van der Waals surface area contributed by atoms with E-state index in [9.17, 15) is 14.4 Å². The predicted molar refractivity (Wildman–Crippen MR) is 137 cm³/mol. The summed E-state index contributed by atoms with van der Waals surface area (Å²) in [6, 6.07) is 25.0. The molecule has 0 aromatic heterocycles. The van der Waals surface area contributed by atoms with E-state index in [0.29, 0.717) is 5.56 Å². The maximum Gasteiger partial charge on any atom is 0.338 e. The van der Waals surface area contributed by atoms with Gasteiger partial charge < -0.3 is 30.0 Å². The zero-order valence-corrected chi connectivity index (χ0v) is 20.3. The number of nitrogens with one attached hydrogen (secondary N) is 1. The third-order valence-electron chi connectivity index (χ3n) is 5.49. The molecule has 3 aromatic carbocycles. The SMILES string of the molecule is NC(=S)N[C@@H]1O[C@H](COC(=O)c2ccccc2)[C@@H](OC(=O)c2ccccc2)[C@@H]1OC(=O)c1ccccc1. The lowest BCUT2D eigenvalue weighted by Gasteiger charge is -2.24. The molecule has 1 aliphatic rings. The van der Waals surface area contributed by atoms with Crippen molar-refractivity contribution in [3.63, 3.8) is 0 Å². The summed E-state index contributed by atoms with van der Waals surface area (Å²) >= 11 is 4.96. The van der Waals surface area contributed by atoms with Gasteiger partial charge in [0.15, 0.2) is 23.5 Å². The van der Waals surface area contributed by atoms with Gasteiger partial charge in [-0.3, -0.25) is 0 Å². The van der Waals surface area contributed by atoms with Crippen molar-refractivity contribution in [2.75, 3.05) is 6.61 Å². The minimum atomic E-state index is -1.16. The summed E-state index contributed by atoms with van der Waals surface area (Å²) in [6.45, 7) is -0.296. The van der Waals surface area contributed by atoms with Gasteiger partial charge in [0.2, 0.25) is 0 Å². The number of benzene rings is 3. The van der Waals surface area contributed by atoms with Crippen molar-refractivity contribution < 1.29 is 33.3 Å². The number of carbonyl (C=O) groups excluding carboxylic acids is 3. The molecular formula is C27H24N2O7S. The lowest BCUT2D eigenvalue weighted by molar-refractivity contribution is -0.0456. The highest BCUT2D eigenvalue weighted by molar-refractivity contribution is 7.80. The molecule has 10 heteroatoms. The van der Waals surface area contributed by atoms with Crippen LogP contribution in [0.15, 0.2) is 91.0 Å². The highest BCUT2D eigenvalue weighted by Crippen LogP contribution is 2.28. The van der Waals surface area contributed by atoms with Crippen molar-refractivity contribution in [3.05, 3.63) is 108 Å². The van der Waals surface area contributed by atoms with Crippen LogP contribution in [0.3, 0.4) is 0 Å². The molecule has 1 aliphatic heterocycles. The summed E-state index contributed by atoms with van der Waals surface area (Å²) in [4.78, 5) is 38.4. The molecule has 9 nitrogen and oxygen atoms in total. The van der Waals surface area contributed by atoms with E-state index in [2.05, 4.69) is 5.32 Å². The number of thiocarbonyl (C=S) groups is 1. The van der Waals surface area contributed by atoms with Crippen LogP contribution in [0.25, 0.3) is 0 Å². The van der Waals surface area contributed by atoms with Crippen LogP contribution in [0.2, 0.25) is 0 Å². The van der Waals surface area contributed by atoms with Crippen molar-refractivity contribution >= 4 is 35.2 Å². The Hall–Kier alpha value is -4.28. The number of hydrogen-bond donors (Lipinski definition) is 2. The number of carbonyl (C=O) groups is 3. The van der Waals surface area contributed by atoms with E-state index >= 15 is 0 Å². The molecule has 0 bridgehead atoms. The van der Waals surface area contributed by atoms with E-state index in [0.717, 1.165) is 0 Å². The quantitative estimate of drug-likeness (QED) is 0.260. The Morgan fingerprint density at radius 3 is 1.62 bits per heavy atom. The second-order valence-corrected chi connectivity index (χ2v) is 8.48. The summed E-state index contributed by atoms with van der Waals surface area (Å²) in [5.74, 6) is -1.95. The first-order valence-electron chi connectivity index (χ1n) is 11.4. The second kappa shape index (κ2) is 12.1. The van der Waals surface area contributed by atoms with Crippen molar-refractivity contribution in [1.29, 1.82) is 0 Å². The number of hydrogen-bond acceptors (Lipinski definition) is 8. The molecule has 1 saturated heterocycles. The van der Waals surface area contributed by atoms with Crippen LogP contribution in [-0.2, 0) is 18.9 Å². The molecule has 3 aromatic rings. The second-order valence-electron chi connectivity index (χ2n) is 8.04. The Kier molecular flexibility index (Phi) is 8.44. The van der Waals surface area contributed by atoms with Crippen LogP contribution in [-0.4, -0.2) is 54.2 Å². The Balaban J connectivity index is 1.58. The summed E-state index contributed by atoms with van der Waals surface area (Å²) in [7, 11) is 0. The molecule has 0 unspecified atom stereocenters. The fraction of sp³-hybridized carbons (Fsp3) is 0.185. The summed E-state index contributed by atoms with van der Waals surface area (Å²) in [5, 5.41) is 2.59. The van der Waals surface area contributed by atoms with Crippen LogP contribution >= 0.6 is 12.2 Å². The van der Waals surface area contributed by atoms with E-state index in [-0.39, 0.29) is 22.8 Å². The largest absolute Gasteiger partial charge is 0.459 e. The van der Waals surface area contributed by atoms with Crippen molar-refractivity contribution in [2.45, 2.75) is 24.5 Å². The van der Waals surface area contributed by atoms with Crippen molar-refractivity contribution in [2.24, 2.45) is 5.73 Å². The third-order valence-corrected chi connectivity index (χ3v) is 5.61. The third kappa shape index (κ3) is 6.69. The Labute approximate surface area is 218 Å². The zero-order valence-electron chi connectivity index (χ0n) is 19.5. The van der Waals surface area contributed by atoms with Gasteiger partial charge in [-0.15, -0.1) is 0 Å². The first-order valence-corrected chi connectivity index (χ1v) is 11.8. The predicted octanol–water partition coefficient (Wildman–Crippen LogP) is 2.85. The number of esters is 3. The Morgan fingerprint density at radius 1 is 0.730 bits per heavy atom. The van der Waals surface area contributed by atoms with Gasteiger partial charge in [-0.1, -0.05) is 54.6 Å². The van der Waals surface area contributed by atoms with Gasteiger partial charge in [-0.05, 0) is 48.6 Å². The first kappa shape index (κ1) is 25.8. The summed E-state index contributed by atoms with van der Waals surface area (Å²) in [6.07, 6.45) is -4.39. The van der Waals surface area contributed by atoms with E-state index < -0.39 is 42.4 Å². The van der Waals surface area contributed by atoms with Crippen LogP contribution < -0.4 is 11.1 Å². The van der Waals surface area contributed by atoms with Crippen LogP contribution in [0, 0.1) is 0 Å². The smallest absolute Gasteiger partial charge is 0.338 e. The standard InChI is InChI=1S/C27H24N2O7S/c28-27(37)29-23-22(36-26(32)19-14-8-3-9-15-19)21(35-25(31)18-12-6-2-7-13-18)20(34-23)16-33-24(30)17-10-4-1-5-11-17/h1-15,20-23H,16H2,(H3,28,29,37)/t20-,21-,22+,23-/m1/s1. The van der Waals surface area contributed by atoms with Crippen LogP contribution in [0.1, 0.15) is 31.1 Å². The molecule has 190 valence electrons. The summed E-state index contributed by atoms with van der Waals surface area (Å²) < 4.78 is 22.9. The lowest BCUT2D eigenvalue weighted by atomic mass is 10.1. The van der Waals surface area contributed by atoms with Gasteiger partial charge in [-0.2, -0.15) is 0 Å². The van der Waals surface area contributed by atoms with Crippen LogP contribution in [0.4, 0.5) is 0 Å². The zero-order chi connectivity index (χ0) is 26.2. The molecule has 4 atom stereocenters. The Morgan fingerprint density at radius 2 is 1.16 bits per heavy atom. The van der Waals surface area contributed by atoms with Crippen molar-refractivity contribution in [3.8, 4) is 0 Å². The molecule has 37 heavy (non-hydrogen) atoms. The van der Waals surface area contributed by atoms with E-state index in [1.807, 2.05) is 0 Å². The molecule has 0 saturated carbocycles. The maximum absolute atomic E-state index is 12.9. The minimum absolute atomic E-state index is 0.124. The van der Waals surface area contributed by atoms with Crippen LogP contribution in [0.5, 0.6) is 0 Å². The van der Waals surface area contributed by atoms with Gasteiger partial charge in [-0.25, -0.2) is 14.4 Å². The molecule has 1 heterocycles. The average molecular weight is 521 g/mol. The molecule has 0 radical (unpaired) electrons. The first-order chi connectivity index (χ1) is 17.9. The van der Waals surface area contributed by atoms with Gasteiger partial charge >= 0.3 is 17.9 Å². The number of rotatable bonds is 8. The molecule has 0 spiro atoms. The fourth-order valence-electron chi connectivity index (χ4n) is 3.74. The minimum Gasteiger partial charge on any atom is -0.459 e. The summed E-state index contributed by atoms with van der Waals surface area (Å²) in [5.41, 5.74) is 6.56. The lowest BCUT2D eigenvalue weighted by Crippen LogP contribution is -2.48. The topological polar surface area (TPSA) is 126 Å². The maximum atomic E-state index is 12.9. The van der Waals surface area contributed by atoms with Gasteiger partial charge in [0.05, 0.1) is 16.7 Å². The normalized spacial score (nSPS) is 20.4. The molecule has 3 N–H and O–H groups in total. The van der Waals surface area contributed by atoms with Gasteiger partial charge in [0.1, 0.15) is 12.7 Å². The van der Waals surface area contributed by atoms with E-state index in [1.54, 1.807) is 91.0 Å². The highest BCUT2D eigenvalue weighted by atomic mass is 32.1. The molecule has 0 aliphatic carbocycles. The van der Waals surface area contributed by atoms with Gasteiger partial charge in [0.25, 0.3) is 0 Å². The number of ether oxygens (including phenoxy) is 4. The average Bonchev–Trinajstić information content (AvgIpc) is 3.23. The number of nitrogens with two attached hydrogens (primary N) is 1. The van der Waals surface area contributed by atoms with E-state index in [4.69, 9.17) is 36.9 Å². The molecular weight excluding hydrogens is 496 g/mol. The molecule has 0 amide bonds. The van der Waals surface area contributed by atoms with Crippen molar-refractivity contribution in [1.82, 2.24) is 5.32 Å². The molecule has 4 rings (SSSR count).